The lowest BCUT2D eigenvalue weighted by Crippen LogP contribution is -2.16. The summed E-state index contributed by atoms with van der Waals surface area (Å²) < 4.78 is 0. The molecule has 0 aliphatic carbocycles. The van der Waals surface area contributed by atoms with Crippen LogP contribution in [0, 0.1) is 0 Å². The van der Waals surface area contributed by atoms with Gasteiger partial charge in [0.05, 0.1) is 0 Å². The van der Waals surface area contributed by atoms with Crippen LogP contribution in [0.3, 0.4) is 0 Å². The number of hydrogen-bond acceptors (Lipinski definition) is 2. The fraction of sp³-hybridized carbons (Fsp3) is 0.812. The Morgan fingerprint density at radius 1 is 0.441 bits per heavy atom. The van der Waals surface area contributed by atoms with Gasteiger partial charge in [0.2, 0.25) is 0 Å². The molecule has 0 saturated heterocycles. The summed E-state index contributed by atoms with van der Waals surface area (Å²) in [6.45, 7) is 8.90. The lowest BCUT2D eigenvalue weighted by molar-refractivity contribution is 0.542. The monoisotopic (exact) mass is 472 g/mol. The van der Waals surface area contributed by atoms with E-state index in [1.165, 1.54) is 140 Å². The van der Waals surface area contributed by atoms with Gasteiger partial charge in [-0.2, -0.15) is 0 Å². The molecule has 34 heavy (non-hydrogen) atoms. The van der Waals surface area contributed by atoms with Crippen molar-refractivity contribution in [2.75, 3.05) is 13.1 Å². The molecule has 0 spiro atoms. The van der Waals surface area contributed by atoms with Crippen LogP contribution in [0.15, 0.2) is 24.3 Å². The predicted molar refractivity (Wildman–Crippen MR) is 154 cm³/mol. The van der Waals surface area contributed by atoms with Crippen LogP contribution in [-0.2, 0) is 13.1 Å². The Morgan fingerprint density at radius 3 is 1.12 bits per heavy atom. The minimum absolute atomic E-state index is 1.00. The lowest BCUT2D eigenvalue weighted by Gasteiger charge is -2.09. The standard InChI is InChI=1S/C32H60N2/c1-3-5-7-9-11-13-15-17-19-21-26-33-29-31-24-23-25-32(28-31)30-34-27-22-20-18-16-14-12-10-8-6-4-2/h23-25,28,33-34H,3-22,26-27,29-30H2,1-2H3. The van der Waals surface area contributed by atoms with E-state index in [0.717, 1.165) is 26.2 Å². The van der Waals surface area contributed by atoms with Crippen LogP contribution in [0.1, 0.15) is 153 Å². The van der Waals surface area contributed by atoms with Crippen LogP contribution in [0.2, 0.25) is 0 Å². The zero-order chi connectivity index (χ0) is 24.4. The van der Waals surface area contributed by atoms with E-state index in [1.807, 2.05) is 0 Å². The molecule has 0 heterocycles. The molecule has 0 atom stereocenters. The quantitative estimate of drug-likeness (QED) is 0.131. The largest absolute Gasteiger partial charge is 0.313 e. The van der Waals surface area contributed by atoms with Crippen LogP contribution in [-0.4, -0.2) is 13.1 Å². The van der Waals surface area contributed by atoms with Gasteiger partial charge in [0.25, 0.3) is 0 Å². The maximum Gasteiger partial charge on any atom is 0.0205 e. The van der Waals surface area contributed by atoms with Gasteiger partial charge in [-0.3, -0.25) is 0 Å². The second-order valence-corrected chi connectivity index (χ2v) is 10.5. The average Bonchev–Trinajstić information content (AvgIpc) is 2.85. The first-order chi connectivity index (χ1) is 16.9. The molecule has 0 saturated carbocycles. The number of rotatable bonds is 26. The minimum Gasteiger partial charge on any atom is -0.313 e. The summed E-state index contributed by atoms with van der Waals surface area (Å²) in [5.41, 5.74) is 2.84. The van der Waals surface area contributed by atoms with Crippen LogP contribution < -0.4 is 10.6 Å². The van der Waals surface area contributed by atoms with Crippen molar-refractivity contribution >= 4 is 0 Å². The maximum atomic E-state index is 3.65. The molecular formula is C32H60N2. The molecular weight excluding hydrogens is 412 g/mol. The molecule has 2 N–H and O–H groups in total. The molecule has 2 nitrogen and oxygen atoms in total. The van der Waals surface area contributed by atoms with E-state index in [2.05, 4.69) is 48.7 Å². The fourth-order valence-corrected chi connectivity index (χ4v) is 4.79. The predicted octanol–water partition coefficient (Wildman–Crippen LogP) is 9.71. The van der Waals surface area contributed by atoms with Crippen molar-refractivity contribution in [3.05, 3.63) is 35.4 Å². The number of hydrogen-bond donors (Lipinski definition) is 2. The normalized spacial score (nSPS) is 11.4. The van der Waals surface area contributed by atoms with Gasteiger partial charge in [-0.25, -0.2) is 0 Å². The molecule has 0 amide bonds. The van der Waals surface area contributed by atoms with Crippen molar-refractivity contribution in [1.29, 1.82) is 0 Å². The van der Waals surface area contributed by atoms with E-state index >= 15 is 0 Å². The van der Waals surface area contributed by atoms with Crippen molar-refractivity contribution in [1.82, 2.24) is 10.6 Å². The van der Waals surface area contributed by atoms with Gasteiger partial charge in [0.15, 0.2) is 0 Å². The van der Waals surface area contributed by atoms with Gasteiger partial charge in [-0.15, -0.1) is 0 Å². The smallest absolute Gasteiger partial charge is 0.0205 e. The van der Waals surface area contributed by atoms with Crippen molar-refractivity contribution in [3.63, 3.8) is 0 Å². The first-order valence-corrected chi connectivity index (χ1v) is 15.4. The van der Waals surface area contributed by atoms with E-state index < -0.39 is 0 Å². The average molecular weight is 473 g/mol. The second kappa shape index (κ2) is 25.2. The second-order valence-electron chi connectivity index (χ2n) is 10.5. The van der Waals surface area contributed by atoms with Gasteiger partial charge >= 0.3 is 0 Å². The molecule has 1 aromatic rings. The Hall–Kier alpha value is -0.860. The zero-order valence-corrected chi connectivity index (χ0v) is 23.3. The van der Waals surface area contributed by atoms with E-state index in [4.69, 9.17) is 0 Å². The highest BCUT2D eigenvalue weighted by Gasteiger charge is 1.98. The Balaban J connectivity index is 1.91. The summed E-state index contributed by atoms with van der Waals surface area (Å²) in [5.74, 6) is 0. The third-order valence-electron chi connectivity index (χ3n) is 7.06. The molecule has 0 aliphatic heterocycles. The minimum atomic E-state index is 1.00. The molecule has 0 radical (unpaired) electrons. The van der Waals surface area contributed by atoms with Crippen LogP contribution in [0.25, 0.3) is 0 Å². The Bertz CT molecular complexity index is 484. The highest BCUT2D eigenvalue weighted by molar-refractivity contribution is 5.23. The van der Waals surface area contributed by atoms with E-state index in [-0.39, 0.29) is 0 Å². The molecule has 198 valence electrons. The van der Waals surface area contributed by atoms with Gasteiger partial charge in [0, 0.05) is 13.1 Å². The van der Waals surface area contributed by atoms with E-state index in [9.17, 15) is 0 Å². The highest BCUT2D eigenvalue weighted by atomic mass is 14.9. The van der Waals surface area contributed by atoms with E-state index in [0.29, 0.717) is 0 Å². The summed E-state index contributed by atoms with van der Waals surface area (Å²) >= 11 is 0. The van der Waals surface area contributed by atoms with Crippen LogP contribution >= 0.6 is 0 Å². The van der Waals surface area contributed by atoms with Crippen molar-refractivity contribution < 1.29 is 0 Å². The Morgan fingerprint density at radius 2 is 0.765 bits per heavy atom. The van der Waals surface area contributed by atoms with Crippen molar-refractivity contribution in [2.45, 2.75) is 155 Å². The first kappa shape index (κ1) is 31.2. The molecule has 0 bridgehead atoms. The third-order valence-corrected chi connectivity index (χ3v) is 7.06. The number of unbranched alkanes of at least 4 members (excludes halogenated alkanes) is 18. The fourth-order valence-electron chi connectivity index (χ4n) is 4.79. The zero-order valence-electron chi connectivity index (χ0n) is 23.3. The maximum absolute atomic E-state index is 3.65. The molecule has 1 aromatic carbocycles. The Labute approximate surface area is 214 Å². The molecule has 0 aromatic heterocycles. The topological polar surface area (TPSA) is 24.1 Å². The molecule has 0 unspecified atom stereocenters. The first-order valence-electron chi connectivity index (χ1n) is 15.4. The summed E-state index contributed by atoms with van der Waals surface area (Å²) in [4.78, 5) is 0. The summed E-state index contributed by atoms with van der Waals surface area (Å²) in [6.07, 6.45) is 28.2. The third kappa shape index (κ3) is 20.5. The molecule has 2 heteroatoms. The van der Waals surface area contributed by atoms with Crippen molar-refractivity contribution in [3.8, 4) is 0 Å². The number of nitrogens with one attached hydrogen (secondary N) is 2. The van der Waals surface area contributed by atoms with Crippen LogP contribution in [0.4, 0.5) is 0 Å². The van der Waals surface area contributed by atoms with Gasteiger partial charge < -0.3 is 10.6 Å². The SMILES string of the molecule is CCCCCCCCCCCCNCc1cccc(CNCCCCCCCCCCCC)c1. The van der Waals surface area contributed by atoms with Gasteiger partial charge in [-0.05, 0) is 37.1 Å². The van der Waals surface area contributed by atoms with Crippen molar-refractivity contribution in [2.24, 2.45) is 0 Å². The molecule has 0 aliphatic rings. The summed E-state index contributed by atoms with van der Waals surface area (Å²) in [5, 5.41) is 7.30. The highest BCUT2D eigenvalue weighted by Crippen LogP contribution is 2.12. The summed E-state index contributed by atoms with van der Waals surface area (Å²) in [7, 11) is 0. The van der Waals surface area contributed by atoms with Gasteiger partial charge in [-0.1, -0.05) is 154 Å². The molecule has 0 fully saturated rings. The number of benzene rings is 1. The molecule has 1 rings (SSSR count). The van der Waals surface area contributed by atoms with Crippen LogP contribution in [0.5, 0.6) is 0 Å². The summed E-state index contributed by atoms with van der Waals surface area (Å²) in [6, 6.07) is 9.11. The van der Waals surface area contributed by atoms with Gasteiger partial charge in [0.1, 0.15) is 0 Å². The Kier molecular flexibility index (Phi) is 23.1. The lowest BCUT2D eigenvalue weighted by atomic mass is 10.1. The van der Waals surface area contributed by atoms with E-state index in [1.54, 1.807) is 0 Å².